The molecule has 5 heteroatoms. The van der Waals surface area contributed by atoms with E-state index in [1.807, 2.05) is 11.0 Å². The number of aryl methyl sites for hydroxylation is 1. The third kappa shape index (κ3) is 4.48. The van der Waals surface area contributed by atoms with Crippen LogP contribution in [0.1, 0.15) is 30.9 Å². The Bertz CT molecular complexity index is 683. The number of benzene rings is 1. The van der Waals surface area contributed by atoms with E-state index in [9.17, 15) is 9.59 Å². The molecule has 1 unspecified atom stereocenters. The highest BCUT2D eigenvalue weighted by Crippen LogP contribution is 2.17. The Morgan fingerprint density at radius 3 is 2.84 bits per heavy atom. The molecule has 0 bridgehead atoms. The Labute approximate surface area is 149 Å². The van der Waals surface area contributed by atoms with Crippen molar-refractivity contribution in [1.82, 2.24) is 15.1 Å². The Morgan fingerprint density at radius 2 is 2.12 bits per heavy atom. The van der Waals surface area contributed by atoms with Crippen LogP contribution >= 0.6 is 0 Å². The average Bonchev–Trinajstić information content (AvgIpc) is 2.58. The molecule has 1 fully saturated rings. The van der Waals surface area contributed by atoms with E-state index < -0.39 is 0 Å². The van der Waals surface area contributed by atoms with Crippen LogP contribution in [0.4, 0.5) is 0 Å². The summed E-state index contributed by atoms with van der Waals surface area (Å²) in [7, 11) is 0. The van der Waals surface area contributed by atoms with Gasteiger partial charge in [-0.05, 0) is 25.8 Å². The lowest BCUT2D eigenvalue weighted by molar-refractivity contribution is -0.138. The van der Waals surface area contributed by atoms with Gasteiger partial charge in [-0.2, -0.15) is 0 Å². The number of hydrogen-bond donors (Lipinski definition) is 1. The number of nitrogens with one attached hydrogen (secondary N) is 1. The summed E-state index contributed by atoms with van der Waals surface area (Å²) in [6.07, 6.45) is 3.28. The Hall–Kier alpha value is -2.14. The summed E-state index contributed by atoms with van der Waals surface area (Å²) in [5.74, 6) is 0.0380. The second-order valence-corrected chi connectivity index (χ2v) is 7.11. The predicted octanol–water partition coefficient (Wildman–Crippen LogP) is 1.86. The second kappa shape index (κ2) is 7.83. The number of piperazine rings is 1. The maximum atomic E-state index is 12.7. The minimum Gasteiger partial charge on any atom is -0.353 e. The van der Waals surface area contributed by atoms with E-state index in [4.69, 9.17) is 0 Å². The predicted molar refractivity (Wildman–Crippen MR) is 98.0 cm³/mol. The number of carbonyl (C=O) groups excluding carboxylic acids is 2. The van der Waals surface area contributed by atoms with Gasteiger partial charge in [0.2, 0.25) is 11.8 Å². The minimum absolute atomic E-state index is 0.0315. The van der Waals surface area contributed by atoms with Crippen molar-refractivity contribution >= 4 is 11.8 Å². The summed E-state index contributed by atoms with van der Waals surface area (Å²) in [5.41, 5.74) is 3.73. The van der Waals surface area contributed by atoms with Crippen LogP contribution in [0.15, 0.2) is 35.9 Å². The Balaban J connectivity index is 1.67. The highest BCUT2D eigenvalue weighted by atomic mass is 16.2. The molecule has 2 heterocycles. The molecule has 2 aliphatic heterocycles. The van der Waals surface area contributed by atoms with Crippen LogP contribution in [-0.2, 0) is 16.1 Å². The van der Waals surface area contributed by atoms with E-state index in [2.05, 4.69) is 48.3 Å². The molecule has 0 aliphatic carbocycles. The molecule has 3 rings (SSSR count). The molecule has 0 radical (unpaired) electrons. The fraction of sp³-hybridized carbons (Fsp3) is 0.500. The zero-order valence-corrected chi connectivity index (χ0v) is 15.1. The standard InChI is InChI=1S/C20H27N3O2/c1-15-6-9-22(10-7-15)19(24)13-18-20(25)21-8-11-23(18)14-17-5-3-4-16(2)12-17/h3-6,12,18H,7-11,13-14H2,1-2H3,(H,21,25). The minimum atomic E-state index is -0.381. The summed E-state index contributed by atoms with van der Waals surface area (Å²) in [6.45, 7) is 7.70. The lowest BCUT2D eigenvalue weighted by atomic mass is 10.0. The van der Waals surface area contributed by atoms with Gasteiger partial charge >= 0.3 is 0 Å². The van der Waals surface area contributed by atoms with Crippen molar-refractivity contribution in [3.8, 4) is 0 Å². The normalized spacial score (nSPS) is 21.7. The number of amides is 2. The van der Waals surface area contributed by atoms with E-state index in [-0.39, 0.29) is 24.3 Å². The summed E-state index contributed by atoms with van der Waals surface area (Å²) >= 11 is 0. The van der Waals surface area contributed by atoms with Gasteiger partial charge in [0.1, 0.15) is 0 Å². The van der Waals surface area contributed by atoms with Crippen molar-refractivity contribution in [1.29, 1.82) is 0 Å². The quantitative estimate of drug-likeness (QED) is 0.851. The fourth-order valence-electron chi connectivity index (χ4n) is 3.51. The zero-order valence-electron chi connectivity index (χ0n) is 15.1. The SMILES string of the molecule is CC1=CCN(C(=O)CC2C(=O)NCCN2Cc2cccc(C)c2)CC1. The third-order valence-corrected chi connectivity index (χ3v) is 5.07. The first-order chi connectivity index (χ1) is 12.0. The van der Waals surface area contributed by atoms with Gasteiger partial charge in [0.05, 0.1) is 12.5 Å². The molecule has 1 saturated heterocycles. The topological polar surface area (TPSA) is 52.7 Å². The first-order valence-corrected chi connectivity index (χ1v) is 9.03. The van der Waals surface area contributed by atoms with Crippen LogP contribution in [0.5, 0.6) is 0 Å². The maximum Gasteiger partial charge on any atom is 0.237 e. The van der Waals surface area contributed by atoms with Crippen LogP contribution < -0.4 is 5.32 Å². The first kappa shape index (κ1) is 17.7. The van der Waals surface area contributed by atoms with Gasteiger partial charge in [0.15, 0.2) is 0 Å². The van der Waals surface area contributed by atoms with Gasteiger partial charge in [-0.25, -0.2) is 0 Å². The fourth-order valence-corrected chi connectivity index (χ4v) is 3.51. The summed E-state index contributed by atoms with van der Waals surface area (Å²) < 4.78 is 0. The van der Waals surface area contributed by atoms with Gasteiger partial charge in [-0.3, -0.25) is 14.5 Å². The number of rotatable bonds is 4. The number of carbonyl (C=O) groups is 2. The van der Waals surface area contributed by atoms with E-state index in [0.717, 1.165) is 19.5 Å². The van der Waals surface area contributed by atoms with Crippen LogP contribution in [-0.4, -0.2) is 53.8 Å². The molecule has 134 valence electrons. The highest BCUT2D eigenvalue weighted by molar-refractivity contribution is 5.89. The monoisotopic (exact) mass is 341 g/mol. The lowest BCUT2D eigenvalue weighted by Gasteiger charge is -2.36. The molecule has 5 nitrogen and oxygen atoms in total. The van der Waals surface area contributed by atoms with Gasteiger partial charge in [0, 0.05) is 32.7 Å². The van der Waals surface area contributed by atoms with Crippen LogP contribution in [0.2, 0.25) is 0 Å². The first-order valence-electron chi connectivity index (χ1n) is 9.03. The molecule has 25 heavy (non-hydrogen) atoms. The molecular weight excluding hydrogens is 314 g/mol. The van der Waals surface area contributed by atoms with Gasteiger partial charge < -0.3 is 10.2 Å². The van der Waals surface area contributed by atoms with Crippen molar-refractivity contribution in [2.24, 2.45) is 0 Å². The molecule has 2 aliphatic rings. The summed E-state index contributed by atoms with van der Waals surface area (Å²) in [6, 6.07) is 7.95. The van der Waals surface area contributed by atoms with E-state index in [1.54, 1.807) is 0 Å². The van der Waals surface area contributed by atoms with Crippen LogP contribution in [0.3, 0.4) is 0 Å². The van der Waals surface area contributed by atoms with Crippen LogP contribution in [0.25, 0.3) is 0 Å². The molecule has 2 amide bonds. The van der Waals surface area contributed by atoms with E-state index >= 15 is 0 Å². The van der Waals surface area contributed by atoms with Gasteiger partial charge in [-0.15, -0.1) is 0 Å². The Kier molecular flexibility index (Phi) is 5.53. The molecule has 1 N–H and O–H groups in total. The third-order valence-electron chi connectivity index (χ3n) is 5.07. The largest absolute Gasteiger partial charge is 0.353 e. The molecule has 0 aromatic heterocycles. The molecule has 1 aromatic carbocycles. The van der Waals surface area contributed by atoms with Crippen molar-refractivity contribution in [2.75, 3.05) is 26.2 Å². The van der Waals surface area contributed by atoms with Gasteiger partial charge in [0.25, 0.3) is 0 Å². The zero-order chi connectivity index (χ0) is 17.8. The molecule has 0 saturated carbocycles. The van der Waals surface area contributed by atoms with E-state index in [1.165, 1.54) is 16.7 Å². The van der Waals surface area contributed by atoms with Crippen LogP contribution in [0, 0.1) is 6.92 Å². The highest BCUT2D eigenvalue weighted by Gasteiger charge is 2.33. The van der Waals surface area contributed by atoms with Crippen molar-refractivity contribution in [2.45, 2.75) is 39.3 Å². The van der Waals surface area contributed by atoms with Crippen molar-refractivity contribution in [3.05, 3.63) is 47.0 Å². The van der Waals surface area contributed by atoms with Crippen molar-refractivity contribution < 1.29 is 9.59 Å². The summed E-state index contributed by atoms with van der Waals surface area (Å²) in [5, 5.41) is 2.91. The molecule has 0 spiro atoms. The summed E-state index contributed by atoms with van der Waals surface area (Å²) in [4.78, 5) is 29.1. The Morgan fingerprint density at radius 1 is 1.28 bits per heavy atom. The number of hydrogen-bond acceptors (Lipinski definition) is 3. The molecule has 1 atom stereocenters. The maximum absolute atomic E-state index is 12.7. The van der Waals surface area contributed by atoms with E-state index in [0.29, 0.717) is 19.6 Å². The number of nitrogens with zero attached hydrogens (tertiary/aromatic N) is 2. The van der Waals surface area contributed by atoms with Gasteiger partial charge in [-0.1, -0.05) is 41.5 Å². The smallest absolute Gasteiger partial charge is 0.237 e. The second-order valence-electron chi connectivity index (χ2n) is 7.11. The molecular formula is C20H27N3O2. The molecule has 1 aromatic rings. The van der Waals surface area contributed by atoms with Crippen molar-refractivity contribution in [3.63, 3.8) is 0 Å². The average molecular weight is 341 g/mol. The lowest BCUT2D eigenvalue weighted by Crippen LogP contribution is -2.56.